The third-order valence-electron chi connectivity index (χ3n) is 7.05. The molecule has 214 valence electrons. The number of hydrogen-bond acceptors (Lipinski definition) is 8. The van der Waals surface area contributed by atoms with E-state index >= 15 is 0 Å². The monoisotopic (exact) mass is 570 g/mol. The van der Waals surface area contributed by atoms with Gasteiger partial charge in [-0.15, -0.1) is 0 Å². The van der Waals surface area contributed by atoms with Gasteiger partial charge in [0.05, 0.1) is 22.4 Å². The summed E-state index contributed by atoms with van der Waals surface area (Å²) >= 11 is 6.50. The predicted molar refractivity (Wildman–Crippen MR) is 153 cm³/mol. The minimum Gasteiger partial charge on any atom is -0.478 e. The number of aliphatic hydroxyl groups excluding tert-OH is 1. The van der Waals surface area contributed by atoms with E-state index in [0.29, 0.717) is 54.7 Å². The van der Waals surface area contributed by atoms with Crippen molar-refractivity contribution < 1.29 is 19.4 Å². The Morgan fingerprint density at radius 3 is 2.65 bits per heavy atom. The van der Waals surface area contributed by atoms with Crippen LogP contribution in [0.4, 0.5) is 5.95 Å². The van der Waals surface area contributed by atoms with E-state index < -0.39 is 0 Å². The van der Waals surface area contributed by atoms with E-state index in [2.05, 4.69) is 15.2 Å². The highest BCUT2D eigenvalue weighted by atomic mass is 35.5. The van der Waals surface area contributed by atoms with Crippen LogP contribution < -0.4 is 20.5 Å². The Morgan fingerprint density at radius 1 is 1.23 bits per heavy atom. The van der Waals surface area contributed by atoms with Gasteiger partial charge in [0.2, 0.25) is 11.9 Å². The number of likely N-dealkylation sites (N-methyl/N-ethyl adjacent to an activating group) is 1. The normalized spacial score (nSPS) is 13.9. The summed E-state index contributed by atoms with van der Waals surface area (Å²) in [5, 5.41) is 13.0. The topological polar surface area (TPSA) is 130 Å². The molecule has 0 bridgehead atoms. The van der Waals surface area contributed by atoms with E-state index in [0.717, 1.165) is 23.8 Å². The van der Waals surface area contributed by atoms with Gasteiger partial charge in [0.1, 0.15) is 0 Å². The van der Waals surface area contributed by atoms with Gasteiger partial charge in [-0.3, -0.25) is 14.4 Å². The second kappa shape index (κ2) is 13.1. The molecule has 1 fully saturated rings. The molecule has 1 saturated heterocycles. The number of pyridine rings is 1. The average Bonchev–Trinajstić information content (AvgIpc) is 2.96. The van der Waals surface area contributed by atoms with E-state index in [1.54, 1.807) is 35.8 Å². The molecule has 0 atom stereocenters. The van der Waals surface area contributed by atoms with Crippen molar-refractivity contribution in [3.63, 3.8) is 0 Å². The van der Waals surface area contributed by atoms with Crippen molar-refractivity contribution in [2.45, 2.75) is 32.2 Å². The fourth-order valence-corrected chi connectivity index (χ4v) is 5.00. The lowest BCUT2D eigenvalue weighted by Crippen LogP contribution is -2.40. The van der Waals surface area contributed by atoms with Crippen LogP contribution in [0.15, 0.2) is 35.3 Å². The maximum Gasteiger partial charge on any atom is 0.293 e. The average molecular weight is 571 g/mol. The molecule has 0 unspecified atom stereocenters. The first-order valence-corrected chi connectivity index (χ1v) is 13.7. The lowest BCUT2D eigenvalue weighted by molar-refractivity contribution is -0.133. The summed E-state index contributed by atoms with van der Waals surface area (Å²) in [4.78, 5) is 50.0. The Hall–Kier alpha value is -3.70. The third-order valence-corrected chi connectivity index (χ3v) is 7.36. The highest BCUT2D eigenvalue weighted by Crippen LogP contribution is 2.26. The molecule has 40 heavy (non-hydrogen) atoms. The smallest absolute Gasteiger partial charge is 0.293 e. The Balaban J connectivity index is 1.58. The summed E-state index contributed by atoms with van der Waals surface area (Å²) < 4.78 is 7.09. The number of nitrogens with one attached hydrogen (secondary N) is 1. The molecule has 0 spiro atoms. The molecule has 1 aliphatic rings. The second-order valence-electron chi connectivity index (χ2n) is 10.0. The number of nitrogens with zero attached hydrogens (tertiary/aromatic N) is 5. The predicted octanol–water partition coefficient (Wildman–Crippen LogP) is 1.85. The molecule has 0 saturated carbocycles. The van der Waals surface area contributed by atoms with Crippen LogP contribution in [0.3, 0.4) is 0 Å². The zero-order chi connectivity index (χ0) is 28.8. The van der Waals surface area contributed by atoms with Gasteiger partial charge in [-0.25, -0.2) is 9.97 Å². The van der Waals surface area contributed by atoms with Gasteiger partial charge in [0.25, 0.3) is 11.5 Å². The van der Waals surface area contributed by atoms with Crippen molar-refractivity contribution in [1.29, 1.82) is 0 Å². The number of hydrogen-bond donors (Lipinski definition) is 2. The van der Waals surface area contributed by atoms with Gasteiger partial charge in [-0.2, -0.15) is 0 Å². The van der Waals surface area contributed by atoms with E-state index in [9.17, 15) is 19.5 Å². The quantitative estimate of drug-likeness (QED) is 0.378. The SMILES string of the molecule is CNC(=O)COc1cc2cc(Cc3nc(N4CCC(C(=O)N(C)C)CC4)ncc3Cl)ccc2n(CCCO)c1=O. The summed E-state index contributed by atoms with van der Waals surface area (Å²) in [6, 6.07) is 7.34. The number of anilines is 1. The van der Waals surface area contributed by atoms with Gasteiger partial charge < -0.3 is 29.5 Å². The van der Waals surface area contributed by atoms with Gasteiger partial charge in [-0.1, -0.05) is 17.7 Å². The van der Waals surface area contributed by atoms with Crippen molar-refractivity contribution in [2.24, 2.45) is 5.92 Å². The molecule has 12 heteroatoms. The largest absolute Gasteiger partial charge is 0.478 e. The van der Waals surface area contributed by atoms with Crippen LogP contribution in [0.25, 0.3) is 10.9 Å². The van der Waals surface area contributed by atoms with Crippen molar-refractivity contribution in [3.05, 3.63) is 57.1 Å². The standard InChI is InChI=1S/C28H35ClN6O5/c1-30-25(37)17-40-24-15-20-13-18(5-6-23(20)35(27(24)39)9-4-12-36)14-22-21(29)16-31-28(32-22)34-10-7-19(8-11-34)26(38)33(2)3/h5-6,13,15-16,19,36H,4,7-12,14,17H2,1-3H3,(H,30,37). The lowest BCUT2D eigenvalue weighted by atomic mass is 9.96. The number of piperidine rings is 1. The molecule has 2 amide bonds. The lowest BCUT2D eigenvalue weighted by Gasteiger charge is -2.32. The van der Waals surface area contributed by atoms with Crippen LogP contribution in [0.1, 0.15) is 30.5 Å². The number of ether oxygens (including phenoxy) is 1. The summed E-state index contributed by atoms with van der Waals surface area (Å²) in [7, 11) is 5.06. The molecule has 0 radical (unpaired) electrons. The van der Waals surface area contributed by atoms with Gasteiger partial charge in [0, 0.05) is 65.1 Å². The highest BCUT2D eigenvalue weighted by Gasteiger charge is 2.27. The van der Waals surface area contributed by atoms with E-state index in [1.165, 1.54) is 7.05 Å². The van der Waals surface area contributed by atoms with Crippen molar-refractivity contribution in [1.82, 2.24) is 24.8 Å². The Labute approximate surface area is 237 Å². The number of fused-ring (bicyclic) bond motifs is 1. The molecule has 2 N–H and O–H groups in total. The van der Waals surface area contributed by atoms with Crippen LogP contribution in [-0.2, 0) is 22.6 Å². The second-order valence-corrected chi connectivity index (χ2v) is 10.4. The van der Waals surface area contributed by atoms with E-state index in [1.807, 2.05) is 18.2 Å². The molecule has 2 aromatic heterocycles. The van der Waals surface area contributed by atoms with Crippen LogP contribution in [0.5, 0.6) is 5.75 Å². The summed E-state index contributed by atoms with van der Waals surface area (Å²) in [6.07, 6.45) is 3.92. The number of benzene rings is 1. The summed E-state index contributed by atoms with van der Waals surface area (Å²) in [5.41, 5.74) is 1.91. The number of halogens is 1. The first-order valence-electron chi connectivity index (χ1n) is 13.3. The highest BCUT2D eigenvalue weighted by molar-refractivity contribution is 6.31. The fourth-order valence-electron chi connectivity index (χ4n) is 4.84. The molecule has 3 aromatic rings. The number of aromatic nitrogens is 3. The molecule has 1 aromatic carbocycles. The summed E-state index contributed by atoms with van der Waals surface area (Å²) in [5.74, 6) is 0.453. The number of carbonyl (C=O) groups is 2. The van der Waals surface area contributed by atoms with Crippen molar-refractivity contribution >= 4 is 40.3 Å². The molecule has 11 nitrogen and oxygen atoms in total. The number of aliphatic hydroxyl groups is 1. The molecule has 0 aliphatic carbocycles. The number of amides is 2. The number of carbonyl (C=O) groups excluding carboxylic acids is 2. The zero-order valence-corrected chi connectivity index (χ0v) is 23.8. The van der Waals surface area contributed by atoms with Gasteiger partial charge >= 0.3 is 0 Å². The van der Waals surface area contributed by atoms with Crippen molar-refractivity contribution in [3.8, 4) is 5.75 Å². The maximum absolute atomic E-state index is 13.1. The van der Waals surface area contributed by atoms with Crippen molar-refractivity contribution in [2.75, 3.05) is 52.3 Å². The minimum atomic E-state index is -0.364. The first kappa shape index (κ1) is 29.3. The van der Waals surface area contributed by atoms with Crippen LogP contribution in [0, 0.1) is 5.92 Å². The van der Waals surface area contributed by atoms with Crippen LogP contribution in [-0.4, -0.2) is 83.8 Å². The van der Waals surface area contributed by atoms with Gasteiger partial charge in [0.15, 0.2) is 12.4 Å². The first-order chi connectivity index (χ1) is 19.2. The Kier molecular flexibility index (Phi) is 9.59. The van der Waals surface area contributed by atoms with Crippen LogP contribution in [0.2, 0.25) is 5.02 Å². The number of aryl methyl sites for hydroxylation is 1. The zero-order valence-electron chi connectivity index (χ0n) is 23.0. The molecule has 4 rings (SSSR count). The molecular weight excluding hydrogens is 536 g/mol. The van der Waals surface area contributed by atoms with E-state index in [4.69, 9.17) is 21.3 Å². The Morgan fingerprint density at radius 2 is 1.98 bits per heavy atom. The van der Waals surface area contributed by atoms with E-state index in [-0.39, 0.29) is 42.3 Å². The fraction of sp³-hybridized carbons (Fsp3) is 0.464. The Bertz CT molecular complexity index is 1430. The van der Waals surface area contributed by atoms with Gasteiger partial charge in [-0.05, 0) is 43.0 Å². The number of rotatable bonds is 10. The van der Waals surface area contributed by atoms with Crippen LogP contribution >= 0.6 is 11.6 Å². The molecule has 1 aliphatic heterocycles. The minimum absolute atomic E-state index is 0.00984. The maximum atomic E-state index is 13.1. The molecule has 3 heterocycles. The summed E-state index contributed by atoms with van der Waals surface area (Å²) in [6.45, 7) is 1.33. The molecular formula is C28H35ClN6O5. The third kappa shape index (κ3) is 6.71.